The highest BCUT2D eigenvalue weighted by atomic mass is 127. The molecule has 0 saturated carbocycles. The molecule has 0 amide bonds. The summed E-state index contributed by atoms with van der Waals surface area (Å²) in [5.74, 6) is 0. The first-order chi connectivity index (χ1) is 5.86. The zero-order valence-corrected chi connectivity index (χ0v) is 12.0. The third-order valence-corrected chi connectivity index (χ3v) is 6.84. The topological polar surface area (TPSA) is 34.1 Å². The van der Waals surface area contributed by atoms with Crippen molar-refractivity contribution in [1.82, 2.24) is 0 Å². The molecule has 0 atom stereocenters. The molecule has 2 nitrogen and oxygen atoms in total. The van der Waals surface area contributed by atoms with Gasteiger partial charge in [0.15, 0.2) is 0.760 Å². The Morgan fingerprint density at radius 2 is 1.62 bits per heavy atom. The largest absolute Gasteiger partial charge is 0.221 e. The number of hydrogen-bond acceptors (Lipinski definition) is 2. The van der Waals surface area contributed by atoms with Gasteiger partial charge in [-0.1, -0.05) is 18.2 Å². The minimum atomic E-state index is -3.20. The molecule has 0 aromatic heterocycles. The average molecular weight is 422 g/mol. The lowest BCUT2D eigenvalue weighted by Gasteiger charge is -2.14. The SMILES string of the molecule is CC(I)(I)S(=O)(=O)c1ccccc1. The van der Waals surface area contributed by atoms with E-state index in [1.807, 2.05) is 45.2 Å². The second-order valence-electron chi connectivity index (χ2n) is 2.62. The molecule has 13 heavy (non-hydrogen) atoms. The third kappa shape index (κ3) is 2.56. The molecule has 72 valence electrons. The summed E-state index contributed by atoms with van der Waals surface area (Å²) in [6.45, 7) is 1.68. The quantitative estimate of drug-likeness (QED) is 0.543. The van der Waals surface area contributed by atoms with Crippen molar-refractivity contribution in [2.24, 2.45) is 0 Å². The summed E-state index contributed by atoms with van der Waals surface area (Å²) >= 11 is 3.84. The summed E-state index contributed by atoms with van der Waals surface area (Å²) in [6.07, 6.45) is 0. The zero-order valence-electron chi connectivity index (χ0n) is 6.87. The van der Waals surface area contributed by atoms with Gasteiger partial charge in [-0.25, -0.2) is 8.42 Å². The van der Waals surface area contributed by atoms with Crippen LogP contribution < -0.4 is 0 Å². The van der Waals surface area contributed by atoms with Crippen LogP contribution in [-0.4, -0.2) is 9.18 Å². The zero-order chi connectivity index (χ0) is 10.1. The molecule has 0 aliphatic carbocycles. The number of sulfone groups is 1. The third-order valence-electron chi connectivity index (χ3n) is 1.53. The number of halogens is 2. The summed E-state index contributed by atoms with van der Waals surface area (Å²) in [7, 11) is -3.20. The summed E-state index contributed by atoms with van der Waals surface area (Å²) in [5, 5.41) is 0. The number of rotatable bonds is 2. The van der Waals surface area contributed by atoms with Gasteiger partial charge in [0.25, 0.3) is 0 Å². The Kier molecular flexibility index (Phi) is 3.61. The molecule has 0 unspecified atom stereocenters. The number of benzene rings is 1. The minimum absolute atomic E-state index is 0.376. The fourth-order valence-electron chi connectivity index (χ4n) is 0.807. The van der Waals surface area contributed by atoms with Crippen LogP contribution >= 0.6 is 45.2 Å². The highest BCUT2D eigenvalue weighted by Gasteiger charge is 2.34. The van der Waals surface area contributed by atoms with Gasteiger partial charge in [0.1, 0.15) is 0 Å². The molecule has 1 aromatic rings. The van der Waals surface area contributed by atoms with Crippen LogP contribution in [0.5, 0.6) is 0 Å². The van der Waals surface area contributed by atoms with E-state index >= 15 is 0 Å². The molecule has 0 radical (unpaired) electrons. The van der Waals surface area contributed by atoms with Gasteiger partial charge in [0, 0.05) is 0 Å². The number of hydrogen-bond donors (Lipinski definition) is 0. The van der Waals surface area contributed by atoms with Gasteiger partial charge in [-0.05, 0) is 64.2 Å². The molecular formula is C8H8I2O2S. The molecule has 0 fully saturated rings. The Morgan fingerprint density at radius 3 is 2.00 bits per heavy atom. The van der Waals surface area contributed by atoms with E-state index in [4.69, 9.17) is 0 Å². The van der Waals surface area contributed by atoms with Crippen molar-refractivity contribution in [3.8, 4) is 0 Å². The first-order valence-electron chi connectivity index (χ1n) is 3.53. The van der Waals surface area contributed by atoms with Crippen molar-refractivity contribution >= 4 is 55.0 Å². The molecule has 0 N–H and O–H groups in total. The molecule has 0 aliphatic heterocycles. The summed E-state index contributed by atoms with van der Waals surface area (Å²) in [5.41, 5.74) is 0. The molecule has 0 saturated heterocycles. The van der Waals surface area contributed by atoms with E-state index in [0.29, 0.717) is 4.90 Å². The molecule has 0 aliphatic rings. The normalized spacial score (nSPS) is 12.8. The standard InChI is InChI=1S/C8H8I2O2S/c1-8(9,10)13(11,12)7-5-3-2-4-6-7/h2-6H,1H3. The van der Waals surface area contributed by atoms with E-state index in [2.05, 4.69) is 0 Å². The van der Waals surface area contributed by atoms with E-state index in [-0.39, 0.29) is 0 Å². The Bertz CT molecular complexity index is 378. The van der Waals surface area contributed by atoms with E-state index in [0.717, 1.165) is 0 Å². The monoisotopic (exact) mass is 422 g/mol. The van der Waals surface area contributed by atoms with Crippen LogP contribution in [0.25, 0.3) is 0 Å². The van der Waals surface area contributed by atoms with Crippen LogP contribution in [0, 0.1) is 0 Å². The molecule has 1 rings (SSSR count). The average Bonchev–Trinajstić information content (AvgIpc) is 2.04. The smallest absolute Gasteiger partial charge is 0.202 e. The van der Waals surface area contributed by atoms with Gasteiger partial charge < -0.3 is 0 Å². The lowest BCUT2D eigenvalue weighted by atomic mass is 10.4. The van der Waals surface area contributed by atoms with Crippen LogP contribution in [-0.2, 0) is 9.84 Å². The van der Waals surface area contributed by atoms with Crippen molar-refractivity contribution in [3.05, 3.63) is 30.3 Å². The Balaban J connectivity index is 3.26. The highest BCUT2D eigenvalue weighted by Crippen LogP contribution is 2.37. The Morgan fingerprint density at radius 1 is 1.15 bits per heavy atom. The first-order valence-corrected chi connectivity index (χ1v) is 7.17. The lowest BCUT2D eigenvalue weighted by molar-refractivity contribution is 0.595. The van der Waals surface area contributed by atoms with Crippen molar-refractivity contribution < 1.29 is 8.42 Å². The summed E-state index contributed by atoms with van der Waals surface area (Å²) < 4.78 is 22.9. The Labute approximate surface area is 105 Å². The maximum atomic E-state index is 11.8. The van der Waals surface area contributed by atoms with Crippen LogP contribution in [0.1, 0.15) is 6.92 Å². The first kappa shape index (κ1) is 11.7. The molecule has 1 aromatic carbocycles. The minimum Gasteiger partial charge on any atom is -0.221 e. The van der Waals surface area contributed by atoms with E-state index in [1.54, 1.807) is 37.3 Å². The maximum Gasteiger partial charge on any atom is 0.202 e. The molecule has 0 spiro atoms. The summed E-state index contributed by atoms with van der Waals surface area (Å²) in [4.78, 5) is 0.376. The van der Waals surface area contributed by atoms with Gasteiger partial charge in [-0.15, -0.1) is 0 Å². The fraction of sp³-hybridized carbons (Fsp3) is 0.250. The maximum absolute atomic E-state index is 11.8. The van der Waals surface area contributed by atoms with Gasteiger partial charge in [-0.3, -0.25) is 0 Å². The van der Waals surface area contributed by atoms with Gasteiger partial charge in [0.2, 0.25) is 9.84 Å². The van der Waals surface area contributed by atoms with E-state index in [1.165, 1.54) is 0 Å². The predicted octanol–water partition coefficient (Wildman–Crippen LogP) is 3.00. The fourth-order valence-corrected chi connectivity index (χ4v) is 3.26. The van der Waals surface area contributed by atoms with E-state index < -0.39 is 10.6 Å². The van der Waals surface area contributed by atoms with Gasteiger partial charge in [0.05, 0.1) is 4.90 Å². The highest BCUT2D eigenvalue weighted by molar-refractivity contribution is 14.2. The van der Waals surface area contributed by atoms with Crippen molar-refractivity contribution in [1.29, 1.82) is 0 Å². The van der Waals surface area contributed by atoms with Gasteiger partial charge >= 0.3 is 0 Å². The van der Waals surface area contributed by atoms with Crippen LogP contribution in [0.2, 0.25) is 0 Å². The Hall–Kier alpha value is 0.630. The van der Waals surface area contributed by atoms with E-state index in [9.17, 15) is 8.42 Å². The molecular weight excluding hydrogens is 414 g/mol. The summed E-state index contributed by atoms with van der Waals surface area (Å²) in [6, 6.07) is 8.49. The van der Waals surface area contributed by atoms with Crippen LogP contribution in [0.15, 0.2) is 35.2 Å². The number of alkyl halides is 2. The lowest BCUT2D eigenvalue weighted by Crippen LogP contribution is -2.20. The second-order valence-corrected chi connectivity index (χ2v) is 12.8. The molecule has 0 heterocycles. The van der Waals surface area contributed by atoms with Crippen molar-refractivity contribution in [3.63, 3.8) is 0 Å². The second kappa shape index (κ2) is 4.01. The predicted molar refractivity (Wildman–Crippen MR) is 70.1 cm³/mol. The molecule has 5 heteroatoms. The van der Waals surface area contributed by atoms with Crippen molar-refractivity contribution in [2.75, 3.05) is 0 Å². The van der Waals surface area contributed by atoms with Crippen molar-refractivity contribution in [2.45, 2.75) is 12.6 Å². The van der Waals surface area contributed by atoms with Gasteiger partial charge in [-0.2, -0.15) is 0 Å². The molecule has 0 bridgehead atoms. The van der Waals surface area contributed by atoms with Crippen LogP contribution in [0.4, 0.5) is 0 Å². The van der Waals surface area contributed by atoms with Crippen LogP contribution in [0.3, 0.4) is 0 Å².